The topological polar surface area (TPSA) is 95.5 Å². The van der Waals surface area contributed by atoms with E-state index in [0.29, 0.717) is 6.54 Å². The number of carbonyl (C=O) groups excluding carboxylic acids is 1. The van der Waals surface area contributed by atoms with Gasteiger partial charge in [0.2, 0.25) is 15.9 Å². The van der Waals surface area contributed by atoms with Gasteiger partial charge < -0.3 is 10.4 Å². The quantitative estimate of drug-likeness (QED) is 0.642. The minimum atomic E-state index is -3.50. The highest BCUT2D eigenvalue weighted by Gasteiger charge is 2.41. The van der Waals surface area contributed by atoms with E-state index >= 15 is 0 Å². The lowest BCUT2D eigenvalue weighted by Gasteiger charge is -2.12. The minimum Gasteiger partial charge on any atom is -0.396 e. The summed E-state index contributed by atoms with van der Waals surface area (Å²) in [6.07, 6.45) is 1.94. The molecule has 1 fully saturated rings. The van der Waals surface area contributed by atoms with Crippen LogP contribution in [0.1, 0.15) is 19.3 Å². The molecule has 6 nitrogen and oxygen atoms in total. The smallest absolute Gasteiger partial charge is 0.250 e. The summed E-state index contributed by atoms with van der Waals surface area (Å²) in [5.41, 5.74) is -0.133. The number of carbonyl (C=O) groups is 1. The van der Waals surface area contributed by atoms with Crippen molar-refractivity contribution < 1.29 is 18.3 Å². The first kappa shape index (κ1) is 15.4. The van der Waals surface area contributed by atoms with Crippen molar-refractivity contribution in [1.29, 1.82) is 0 Å². The number of sulfonamides is 1. The fourth-order valence-corrected chi connectivity index (χ4v) is 3.80. The molecule has 1 aliphatic rings. The van der Waals surface area contributed by atoms with Crippen molar-refractivity contribution in [2.24, 2.45) is 5.41 Å². The van der Waals surface area contributed by atoms with Gasteiger partial charge in [-0.2, -0.15) is 0 Å². The molecule has 1 amide bonds. The monoisotopic (exact) mass is 318 g/mol. The molecule has 0 spiro atoms. The lowest BCUT2D eigenvalue weighted by Crippen LogP contribution is -2.34. The molecule has 20 heavy (non-hydrogen) atoms. The molecule has 0 aromatic carbocycles. The van der Waals surface area contributed by atoms with Crippen molar-refractivity contribution in [3.8, 4) is 0 Å². The van der Waals surface area contributed by atoms with Crippen LogP contribution < -0.4 is 10.0 Å². The van der Waals surface area contributed by atoms with Crippen molar-refractivity contribution in [2.75, 3.05) is 19.7 Å². The SMILES string of the molecule is O=C(CCNS(=O)(=O)c1cccs1)NCC1(CO)CC1. The second kappa shape index (κ2) is 6.21. The summed E-state index contributed by atoms with van der Waals surface area (Å²) >= 11 is 1.13. The van der Waals surface area contributed by atoms with Gasteiger partial charge in [-0.3, -0.25) is 4.79 Å². The van der Waals surface area contributed by atoms with Crippen LogP contribution in [0.2, 0.25) is 0 Å². The molecule has 3 N–H and O–H groups in total. The summed E-state index contributed by atoms with van der Waals surface area (Å²) in [6, 6.07) is 3.18. The summed E-state index contributed by atoms with van der Waals surface area (Å²) in [5, 5.41) is 13.5. The third-order valence-electron chi connectivity index (χ3n) is 3.36. The molecule has 1 saturated carbocycles. The van der Waals surface area contributed by atoms with Crippen LogP contribution in [-0.2, 0) is 14.8 Å². The first-order valence-electron chi connectivity index (χ1n) is 6.38. The van der Waals surface area contributed by atoms with E-state index in [1.165, 1.54) is 6.07 Å². The maximum Gasteiger partial charge on any atom is 0.250 e. The van der Waals surface area contributed by atoms with Crippen molar-refractivity contribution in [2.45, 2.75) is 23.5 Å². The molecule has 1 aromatic rings. The Morgan fingerprint density at radius 3 is 2.75 bits per heavy atom. The van der Waals surface area contributed by atoms with Crippen LogP contribution in [0.3, 0.4) is 0 Å². The van der Waals surface area contributed by atoms with Gasteiger partial charge in [-0.05, 0) is 24.3 Å². The normalized spacial score (nSPS) is 16.9. The molecular formula is C12H18N2O4S2. The highest BCUT2D eigenvalue weighted by Crippen LogP contribution is 2.44. The number of aliphatic hydroxyl groups excluding tert-OH is 1. The predicted molar refractivity (Wildman–Crippen MR) is 75.9 cm³/mol. The van der Waals surface area contributed by atoms with E-state index in [2.05, 4.69) is 10.0 Å². The standard InChI is InChI=1S/C12H18N2O4S2/c15-9-12(4-5-12)8-13-10(16)3-6-14-20(17,18)11-2-1-7-19-11/h1-2,7,14-15H,3-6,8-9H2,(H,13,16). The van der Waals surface area contributed by atoms with Crippen LogP contribution in [0.15, 0.2) is 21.7 Å². The minimum absolute atomic E-state index is 0.0677. The van der Waals surface area contributed by atoms with E-state index in [-0.39, 0.29) is 35.1 Å². The fourth-order valence-electron chi connectivity index (χ4n) is 1.73. The Hall–Kier alpha value is -0.960. The number of nitrogens with one attached hydrogen (secondary N) is 2. The van der Waals surface area contributed by atoms with E-state index in [1.807, 2.05) is 0 Å². The van der Waals surface area contributed by atoms with Crippen LogP contribution in [0.5, 0.6) is 0 Å². The zero-order chi connectivity index (χ0) is 14.6. The Kier molecular flexibility index (Phi) is 4.79. The summed E-state index contributed by atoms with van der Waals surface area (Å²) in [7, 11) is -3.50. The van der Waals surface area contributed by atoms with Gasteiger partial charge in [-0.1, -0.05) is 6.07 Å². The molecule has 1 aliphatic carbocycles. The number of hydrogen-bond acceptors (Lipinski definition) is 5. The van der Waals surface area contributed by atoms with Crippen molar-refractivity contribution in [3.05, 3.63) is 17.5 Å². The molecule has 0 unspecified atom stereocenters. The zero-order valence-electron chi connectivity index (χ0n) is 11.0. The van der Waals surface area contributed by atoms with Crippen molar-refractivity contribution in [1.82, 2.24) is 10.0 Å². The molecule has 112 valence electrons. The first-order chi connectivity index (χ1) is 9.47. The van der Waals surface area contributed by atoms with E-state index in [0.717, 1.165) is 24.2 Å². The molecular weight excluding hydrogens is 300 g/mol. The number of aliphatic hydroxyl groups is 1. The lowest BCUT2D eigenvalue weighted by molar-refractivity contribution is -0.121. The largest absolute Gasteiger partial charge is 0.396 e. The maximum absolute atomic E-state index is 11.8. The third-order valence-corrected chi connectivity index (χ3v) is 6.22. The fraction of sp³-hybridized carbons (Fsp3) is 0.583. The Balaban J connectivity index is 1.69. The Morgan fingerprint density at radius 2 is 2.20 bits per heavy atom. The summed E-state index contributed by atoms with van der Waals surface area (Å²) < 4.78 is 26.2. The zero-order valence-corrected chi connectivity index (χ0v) is 12.6. The van der Waals surface area contributed by atoms with Crippen LogP contribution in [0, 0.1) is 5.41 Å². The lowest BCUT2D eigenvalue weighted by atomic mass is 10.1. The molecule has 8 heteroatoms. The van der Waals surface area contributed by atoms with E-state index in [4.69, 9.17) is 5.11 Å². The second-order valence-corrected chi connectivity index (χ2v) is 7.96. The average Bonchev–Trinajstić information content (AvgIpc) is 2.97. The number of amides is 1. The highest BCUT2D eigenvalue weighted by atomic mass is 32.2. The number of thiophene rings is 1. The van der Waals surface area contributed by atoms with Crippen LogP contribution in [0.4, 0.5) is 0 Å². The number of rotatable bonds is 8. The van der Waals surface area contributed by atoms with Crippen LogP contribution in [0.25, 0.3) is 0 Å². The molecule has 0 bridgehead atoms. The summed E-state index contributed by atoms with van der Waals surface area (Å²) in [5.74, 6) is -0.210. The molecule has 1 heterocycles. The summed E-state index contributed by atoms with van der Waals surface area (Å²) in [4.78, 5) is 11.6. The van der Waals surface area contributed by atoms with E-state index in [1.54, 1.807) is 11.4 Å². The van der Waals surface area contributed by atoms with Gasteiger partial charge in [0.15, 0.2) is 0 Å². The van der Waals surface area contributed by atoms with Gasteiger partial charge in [-0.15, -0.1) is 11.3 Å². The third kappa shape index (κ3) is 4.02. The Bertz CT molecular complexity index is 550. The summed E-state index contributed by atoms with van der Waals surface area (Å²) in [6.45, 7) is 0.608. The van der Waals surface area contributed by atoms with E-state index in [9.17, 15) is 13.2 Å². The Labute approximate surface area is 122 Å². The first-order valence-corrected chi connectivity index (χ1v) is 8.74. The van der Waals surface area contributed by atoms with Gasteiger partial charge in [0.1, 0.15) is 4.21 Å². The molecule has 0 saturated heterocycles. The maximum atomic E-state index is 11.8. The average molecular weight is 318 g/mol. The second-order valence-electron chi connectivity index (χ2n) is 5.01. The van der Waals surface area contributed by atoms with E-state index < -0.39 is 10.0 Å². The van der Waals surface area contributed by atoms with Gasteiger partial charge in [0, 0.05) is 24.9 Å². The van der Waals surface area contributed by atoms with Gasteiger partial charge >= 0.3 is 0 Å². The molecule has 0 radical (unpaired) electrons. The highest BCUT2D eigenvalue weighted by molar-refractivity contribution is 7.91. The van der Waals surface area contributed by atoms with Crippen LogP contribution >= 0.6 is 11.3 Å². The van der Waals surface area contributed by atoms with Crippen molar-refractivity contribution in [3.63, 3.8) is 0 Å². The Morgan fingerprint density at radius 1 is 1.45 bits per heavy atom. The van der Waals surface area contributed by atoms with Crippen LogP contribution in [-0.4, -0.2) is 39.1 Å². The predicted octanol–water partition coefficient (Wildman–Crippen LogP) is 0.305. The van der Waals surface area contributed by atoms with Gasteiger partial charge in [-0.25, -0.2) is 13.1 Å². The number of hydrogen-bond donors (Lipinski definition) is 3. The molecule has 0 aliphatic heterocycles. The van der Waals surface area contributed by atoms with Gasteiger partial charge in [0.05, 0.1) is 6.61 Å². The molecule has 2 rings (SSSR count). The molecule has 1 aromatic heterocycles. The molecule has 0 atom stereocenters. The van der Waals surface area contributed by atoms with Crippen molar-refractivity contribution >= 4 is 27.3 Å². The van der Waals surface area contributed by atoms with Gasteiger partial charge in [0.25, 0.3) is 0 Å².